The lowest BCUT2D eigenvalue weighted by Gasteiger charge is -2.32. The number of ether oxygens (including phenoxy) is 1. The molecule has 0 saturated carbocycles. The van der Waals surface area contributed by atoms with Crippen LogP contribution in [0.15, 0.2) is 47.5 Å². The second-order valence-electron chi connectivity index (χ2n) is 6.57. The minimum Gasteiger partial charge on any atom is -0.489 e. The van der Waals surface area contributed by atoms with Gasteiger partial charge in [-0.05, 0) is 38.0 Å². The van der Waals surface area contributed by atoms with E-state index in [0.29, 0.717) is 30.7 Å². The Balaban J connectivity index is 1.74. The van der Waals surface area contributed by atoms with Crippen LogP contribution in [0, 0.1) is 0 Å². The number of amides is 1. The number of aromatic nitrogens is 1. The molecule has 0 radical (unpaired) electrons. The van der Waals surface area contributed by atoms with Crippen molar-refractivity contribution >= 4 is 21.7 Å². The highest BCUT2D eigenvalue weighted by Gasteiger charge is 2.31. The molecule has 1 unspecified atom stereocenters. The molecule has 2 heterocycles. The number of hydrogen-bond acceptors (Lipinski definition) is 6. The first-order chi connectivity index (χ1) is 13.3. The third kappa shape index (κ3) is 4.37. The van der Waals surface area contributed by atoms with Gasteiger partial charge in [-0.2, -0.15) is 4.31 Å². The third-order valence-electron chi connectivity index (χ3n) is 4.53. The maximum atomic E-state index is 12.9. The normalized spacial score (nSPS) is 17.8. The highest BCUT2D eigenvalue weighted by Crippen LogP contribution is 2.24. The summed E-state index contributed by atoms with van der Waals surface area (Å²) in [6.45, 7) is 2.00. The molecule has 1 aromatic heterocycles. The first-order valence-electron chi connectivity index (χ1n) is 8.81. The zero-order valence-electron chi connectivity index (χ0n) is 15.4. The van der Waals surface area contributed by atoms with Crippen LogP contribution >= 0.6 is 0 Å². The number of primary amides is 1. The SMILES string of the molecule is CC(=O)c1ccc(S(=O)(=O)N2CCCC(Oc3ccnc(C(N)=O)c3)C2)cc1. The molecule has 0 aliphatic carbocycles. The minimum absolute atomic E-state index is 0.0864. The van der Waals surface area contributed by atoms with Gasteiger partial charge in [-0.15, -0.1) is 0 Å². The number of carbonyl (C=O) groups is 2. The van der Waals surface area contributed by atoms with E-state index in [-0.39, 0.29) is 29.0 Å². The summed E-state index contributed by atoms with van der Waals surface area (Å²) in [6.07, 6.45) is 2.39. The summed E-state index contributed by atoms with van der Waals surface area (Å²) >= 11 is 0. The van der Waals surface area contributed by atoms with E-state index in [4.69, 9.17) is 10.5 Å². The Kier molecular flexibility index (Phi) is 5.76. The largest absolute Gasteiger partial charge is 0.489 e. The number of rotatable bonds is 6. The standard InChI is InChI=1S/C19H21N3O5S/c1-13(23)14-4-6-17(7-5-14)28(25,26)22-10-2-3-16(12-22)27-15-8-9-21-18(11-15)19(20)24/h4-9,11,16H,2-3,10,12H2,1H3,(H2,20,24). The molecule has 28 heavy (non-hydrogen) atoms. The number of hydrogen-bond donors (Lipinski definition) is 1. The quantitative estimate of drug-likeness (QED) is 0.732. The summed E-state index contributed by atoms with van der Waals surface area (Å²) in [5.41, 5.74) is 5.77. The molecular weight excluding hydrogens is 382 g/mol. The van der Waals surface area contributed by atoms with Crippen molar-refractivity contribution in [3.8, 4) is 5.75 Å². The van der Waals surface area contributed by atoms with Crippen LogP contribution in [-0.2, 0) is 10.0 Å². The molecule has 2 N–H and O–H groups in total. The number of nitrogens with two attached hydrogens (primary N) is 1. The van der Waals surface area contributed by atoms with Gasteiger partial charge >= 0.3 is 0 Å². The van der Waals surface area contributed by atoms with Crippen LogP contribution in [0.3, 0.4) is 0 Å². The van der Waals surface area contributed by atoms with Crippen LogP contribution in [0.2, 0.25) is 0 Å². The monoisotopic (exact) mass is 403 g/mol. The van der Waals surface area contributed by atoms with Gasteiger partial charge in [0.2, 0.25) is 10.0 Å². The van der Waals surface area contributed by atoms with Gasteiger partial charge in [0.15, 0.2) is 5.78 Å². The number of sulfonamides is 1. The number of piperidine rings is 1. The first-order valence-corrected chi connectivity index (χ1v) is 10.2. The number of carbonyl (C=O) groups excluding carboxylic acids is 2. The molecule has 1 aromatic carbocycles. The van der Waals surface area contributed by atoms with E-state index in [1.807, 2.05) is 0 Å². The zero-order valence-corrected chi connectivity index (χ0v) is 16.2. The Morgan fingerprint density at radius 3 is 2.57 bits per heavy atom. The maximum absolute atomic E-state index is 12.9. The van der Waals surface area contributed by atoms with E-state index in [1.165, 1.54) is 47.8 Å². The Hall–Kier alpha value is -2.78. The number of nitrogens with zero attached hydrogens (tertiary/aromatic N) is 2. The van der Waals surface area contributed by atoms with Gasteiger partial charge in [-0.25, -0.2) is 8.42 Å². The maximum Gasteiger partial charge on any atom is 0.267 e. The van der Waals surface area contributed by atoms with Crippen molar-refractivity contribution in [2.75, 3.05) is 13.1 Å². The van der Waals surface area contributed by atoms with Crippen LogP contribution in [0.4, 0.5) is 0 Å². The first kappa shape index (κ1) is 20.0. The van der Waals surface area contributed by atoms with Crippen LogP contribution in [0.5, 0.6) is 5.75 Å². The van der Waals surface area contributed by atoms with Gasteiger partial charge in [-0.3, -0.25) is 14.6 Å². The highest BCUT2D eigenvalue weighted by atomic mass is 32.2. The van der Waals surface area contributed by atoms with Crippen LogP contribution in [0.25, 0.3) is 0 Å². The summed E-state index contributed by atoms with van der Waals surface area (Å²) in [7, 11) is -3.70. The van der Waals surface area contributed by atoms with Crippen LogP contribution < -0.4 is 10.5 Å². The molecule has 148 valence electrons. The van der Waals surface area contributed by atoms with Crippen molar-refractivity contribution in [3.63, 3.8) is 0 Å². The van der Waals surface area contributed by atoms with E-state index < -0.39 is 15.9 Å². The van der Waals surface area contributed by atoms with Crippen molar-refractivity contribution in [1.82, 2.24) is 9.29 Å². The summed E-state index contributed by atoms with van der Waals surface area (Å²) in [5.74, 6) is -0.366. The van der Waals surface area contributed by atoms with E-state index in [0.717, 1.165) is 0 Å². The number of ketones is 1. The Labute approximate surface area is 163 Å². The van der Waals surface area contributed by atoms with Gasteiger partial charge in [0.1, 0.15) is 17.5 Å². The Morgan fingerprint density at radius 1 is 1.21 bits per heavy atom. The van der Waals surface area contributed by atoms with Crippen molar-refractivity contribution < 1.29 is 22.7 Å². The predicted molar refractivity (Wildman–Crippen MR) is 102 cm³/mol. The highest BCUT2D eigenvalue weighted by molar-refractivity contribution is 7.89. The van der Waals surface area contributed by atoms with Gasteiger partial charge < -0.3 is 10.5 Å². The molecule has 1 atom stereocenters. The molecule has 3 rings (SSSR count). The lowest BCUT2D eigenvalue weighted by molar-refractivity contribution is 0.0990. The third-order valence-corrected chi connectivity index (χ3v) is 6.41. The summed E-state index contributed by atoms with van der Waals surface area (Å²) < 4.78 is 33.1. The molecule has 0 bridgehead atoms. The van der Waals surface area contributed by atoms with E-state index >= 15 is 0 Å². The fraction of sp³-hybridized carbons (Fsp3) is 0.316. The lowest BCUT2D eigenvalue weighted by Crippen LogP contribution is -2.44. The van der Waals surface area contributed by atoms with Crippen LogP contribution in [-0.4, -0.2) is 48.6 Å². The molecule has 1 saturated heterocycles. The Bertz CT molecular complexity index is 989. The van der Waals surface area contributed by atoms with Crippen molar-refractivity contribution in [2.24, 2.45) is 5.73 Å². The molecule has 9 heteroatoms. The topological polar surface area (TPSA) is 120 Å². The van der Waals surface area contributed by atoms with Crippen molar-refractivity contribution in [2.45, 2.75) is 30.8 Å². The summed E-state index contributed by atoms with van der Waals surface area (Å²) in [6, 6.07) is 8.94. The van der Waals surface area contributed by atoms with Gasteiger partial charge in [0, 0.05) is 24.4 Å². The average Bonchev–Trinajstić information content (AvgIpc) is 2.68. The van der Waals surface area contributed by atoms with E-state index in [2.05, 4.69) is 4.98 Å². The molecule has 2 aromatic rings. The molecule has 1 amide bonds. The molecule has 1 fully saturated rings. The second kappa shape index (κ2) is 8.07. The zero-order chi connectivity index (χ0) is 20.3. The van der Waals surface area contributed by atoms with E-state index in [9.17, 15) is 18.0 Å². The molecule has 1 aliphatic rings. The van der Waals surface area contributed by atoms with Gasteiger partial charge in [0.05, 0.1) is 11.4 Å². The van der Waals surface area contributed by atoms with Gasteiger partial charge in [-0.1, -0.05) is 12.1 Å². The fourth-order valence-corrected chi connectivity index (χ4v) is 4.55. The Morgan fingerprint density at radius 2 is 1.93 bits per heavy atom. The molecular formula is C19H21N3O5S. The van der Waals surface area contributed by atoms with Crippen molar-refractivity contribution in [3.05, 3.63) is 53.9 Å². The second-order valence-corrected chi connectivity index (χ2v) is 8.50. The smallest absolute Gasteiger partial charge is 0.267 e. The lowest BCUT2D eigenvalue weighted by atomic mass is 10.1. The predicted octanol–water partition coefficient (Wildman–Crippen LogP) is 1.62. The molecule has 1 aliphatic heterocycles. The number of pyridine rings is 1. The summed E-state index contributed by atoms with van der Waals surface area (Å²) in [5, 5.41) is 0. The molecule has 0 spiro atoms. The molecule has 8 nitrogen and oxygen atoms in total. The van der Waals surface area contributed by atoms with E-state index in [1.54, 1.807) is 6.07 Å². The van der Waals surface area contributed by atoms with Gasteiger partial charge in [0.25, 0.3) is 5.91 Å². The minimum atomic E-state index is -3.70. The van der Waals surface area contributed by atoms with Crippen LogP contribution in [0.1, 0.15) is 40.6 Å². The summed E-state index contributed by atoms with van der Waals surface area (Å²) in [4.78, 5) is 26.6. The fourth-order valence-electron chi connectivity index (χ4n) is 3.04. The number of Topliss-reactive ketones (excluding diaryl/α,β-unsaturated/α-hetero) is 1. The average molecular weight is 403 g/mol. The number of benzene rings is 1. The van der Waals surface area contributed by atoms with Crippen molar-refractivity contribution in [1.29, 1.82) is 0 Å².